The van der Waals surface area contributed by atoms with Crippen LogP contribution in [0.25, 0.3) is 10.2 Å². The second-order valence-electron chi connectivity index (χ2n) is 7.33. The molecule has 4 nitrogen and oxygen atoms in total. The summed E-state index contributed by atoms with van der Waals surface area (Å²) in [6.45, 7) is 3.35. The van der Waals surface area contributed by atoms with Gasteiger partial charge in [0.05, 0.1) is 29.2 Å². The highest BCUT2D eigenvalue weighted by Gasteiger charge is 2.28. The summed E-state index contributed by atoms with van der Waals surface area (Å²) >= 11 is 1.81. The van der Waals surface area contributed by atoms with Gasteiger partial charge in [-0.05, 0) is 37.0 Å². The molecule has 4 rings (SSSR count). The Morgan fingerprint density at radius 1 is 1.15 bits per heavy atom. The van der Waals surface area contributed by atoms with Crippen LogP contribution in [0.2, 0.25) is 0 Å². The first-order valence-corrected chi connectivity index (χ1v) is 10.6. The van der Waals surface area contributed by atoms with Crippen molar-refractivity contribution in [3.05, 3.63) is 65.2 Å². The number of nitrogens with zero attached hydrogens (tertiary/aromatic N) is 1. The number of hydrogen-bond donors (Lipinski definition) is 2. The fourth-order valence-electron chi connectivity index (χ4n) is 3.87. The number of amides is 1. The minimum atomic E-state index is 0.158. The van der Waals surface area contributed by atoms with Crippen molar-refractivity contribution in [3.8, 4) is 0 Å². The first kappa shape index (κ1) is 18.1. The average Bonchev–Trinajstić information content (AvgIpc) is 3.13. The molecule has 2 heterocycles. The smallest absolute Gasteiger partial charge is 0.275 e. The van der Waals surface area contributed by atoms with Gasteiger partial charge in [0.1, 0.15) is 5.01 Å². The van der Waals surface area contributed by atoms with Crippen LogP contribution in [0.1, 0.15) is 29.3 Å². The summed E-state index contributed by atoms with van der Waals surface area (Å²) in [5.41, 5.74) is 2.36. The van der Waals surface area contributed by atoms with Gasteiger partial charge in [-0.15, -0.1) is 11.3 Å². The largest absolute Gasteiger partial charge is 0.351 e. The SMILES string of the molecule is O=C(C[NH+]1CCC[C@@H](c2nc3ccccc3s2)C1)NCCc1ccccc1. The summed E-state index contributed by atoms with van der Waals surface area (Å²) in [7, 11) is 0. The first-order chi connectivity index (χ1) is 13.3. The van der Waals surface area contributed by atoms with Crippen LogP contribution in [-0.4, -0.2) is 37.1 Å². The van der Waals surface area contributed by atoms with E-state index in [0.717, 1.165) is 31.4 Å². The van der Waals surface area contributed by atoms with E-state index in [9.17, 15) is 4.79 Å². The Balaban J connectivity index is 1.28. The minimum Gasteiger partial charge on any atom is -0.351 e. The fourth-order valence-corrected chi connectivity index (χ4v) is 4.97. The Kier molecular flexibility index (Phi) is 5.80. The monoisotopic (exact) mass is 380 g/mol. The molecule has 0 aliphatic carbocycles. The van der Waals surface area contributed by atoms with Gasteiger partial charge < -0.3 is 10.2 Å². The van der Waals surface area contributed by atoms with E-state index < -0.39 is 0 Å². The van der Waals surface area contributed by atoms with Crippen LogP contribution in [0.5, 0.6) is 0 Å². The average molecular weight is 381 g/mol. The van der Waals surface area contributed by atoms with Gasteiger partial charge in [0.15, 0.2) is 6.54 Å². The Labute approximate surface area is 164 Å². The van der Waals surface area contributed by atoms with Gasteiger partial charge in [-0.2, -0.15) is 0 Å². The molecule has 1 saturated heterocycles. The zero-order valence-corrected chi connectivity index (χ0v) is 16.3. The highest BCUT2D eigenvalue weighted by atomic mass is 32.1. The number of piperidine rings is 1. The molecule has 0 spiro atoms. The fraction of sp³-hybridized carbons (Fsp3) is 0.364. The van der Waals surface area contributed by atoms with Crippen LogP contribution >= 0.6 is 11.3 Å². The van der Waals surface area contributed by atoms with E-state index in [1.807, 2.05) is 35.6 Å². The normalized spacial score (nSPS) is 19.9. The molecule has 27 heavy (non-hydrogen) atoms. The van der Waals surface area contributed by atoms with E-state index in [-0.39, 0.29) is 5.91 Å². The third-order valence-electron chi connectivity index (χ3n) is 5.27. The lowest BCUT2D eigenvalue weighted by molar-refractivity contribution is -0.898. The number of benzene rings is 2. The van der Waals surface area contributed by atoms with Crippen molar-refractivity contribution < 1.29 is 9.69 Å². The molecule has 1 aromatic heterocycles. The van der Waals surface area contributed by atoms with E-state index in [1.165, 1.54) is 26.6 Å². The highest BCUT2D eigenvalue weighted by Crippen LogP contribution is 2.30. The summed E-state index contributed by atoms with van der Waals surface area (Å²) in [4.78, 5) is 18.6. The van der Waals surface area contributed by atoms with Crippen molar-refractivity contribution in [2.45, 2.75) is 25.2 Å². The van der Waals surface area contributed by atoms with Crippen LogP contribution < -0.4 is 10.2 Å². The standard InChI is InChI=1S/C22H25N3OS/c26-21(23-13-12-17-7-2-1-3-8-17)16-25-14-6-9-18(15-25)22-24-19-10-4-5-11-20(19)27-22/h1-5,7-8,10-11,18H,6,9,12-16H2,(H,23,26)/p+1/t18-/m1/s1. The summed E-state index contributed by atoms with van der Waals surface area (Å²) in [6, 6.07) is 18.6. The Hall–Kier alpha value is -2.24. The van der Waals surface area contributed by atoms with Crippen molar-refractivity contribution in [1.29, 1.82) is 0 Å². The number of para-hydroxylation sites is 1. The van der Waals surface area contributed by atoms with E-state index in [0.29, 0.717) is 19.0 Å². The Bertz CT molecular complexity index is 860. The Morgan fingerprint density at radius 3 is 2.81 bits per heavy atom. The van der Waals surface area contributed by atoms with E-state index in [2.05, 4.69) is 35.6 Å². The molecule has 2 aromatic carbocycles. The molecular formula is C22H26N3OS+. The van der Waals surface area contributed by atoms with Gasteiger partial charge in [-0.3, -0.25) is 4.79 Å². The van der Waals surface area contributed by atoms with Gasteiger partial charge in [0.2, 0.25) is 0 Å². The van der Waals surface area contributed by atoms with Gasteiger partial charge in [0, 0.05) is 6.54 Å². The first-order valence-electron chi connectivity index (χ1n) is 9.77. The van der Waals surface area contributed by atoms with Crippen molar-refractivity contribution in [1.82, 2.24) is 10.3 Å². The number of hydrogen-bond acceptors (Lipinski definition) is 3. The lowest BCUT2D eigenvalue weighted by atomic mass is 9.99. The number of quaternary nitrogens is 1. The number of fused-ring (bicyclic) bond motifs is 1. The minimum absolute atomic E-state index is 0.158. The molecule has 2 atom stereocenters. The lowest BCUT2D eigenvalue weighted by Gasteiger charge is -2.28. The number of carbonyl (C=O) groups excluding carboxylic acids is 1. The molecule has 1 unspecified atom stereocenters. The molecule has 0 saturated carbocycles. The zero-order chi connectivity index (χ0) is 18.5. The summed E-state index contributed by atoms with van der Waals surface area (Å²) < 4.78 is 1.26. The molecule has 1 aliphatic heterocycles. The molecule has 0 bridgehead atoms. The van der Waals surface area contributed by atoms with Gasteiger partial charge in [-0.25, -0.2) is 4.98 Å². The molecule has 5 heteroatoms. The lowest BCUT2D eigenvalue weighted by Crippen LogP contribution is -3.14. The second-order valence-corrected chi connectivity index (χ2v) is 8.39. The molecule has 1 fully saturated rings. The maximum atomic E-state index is 12.3. The third-order valence-corrected chi connectivity index (χ3v) is 6.47. The van der Waals surface area contributed by atoms with Crippen LogP contribution in [0.3, 0.4) is 0 Å². The molecular weight excluding hydrogens is 354 g/mol. The second kappa shape index (κ2) is 8.63. The van der Waals surface area contributed by atoms with Crippen molar-refractivity contribution in [3.63, 3.8) is 0 Å². The maximum absolute atomic E-state index is 12.3. The molecule has 1 aliphatic rings. The van der Waals surface area contributed by atoms with Crippen LogP contribution in [0, 0.1) is 0 Å². The van der Waals surface area contributed by atoms with Gasteiger partial charge in [0.25, 0.3) is 5.91 Å². The van der Waals surface area contributed by atoms with Crippen molar-refractivity contribution in [2.24, 2.45) is 0 Å². The summed E-state index contributed by atoms with van der Waals surface area (Å²) in [5, 5.41) is 4.32. The van der Waals surface area contributed by atoms with E-state index in [4.69, 9.17) is 4.98 Å². The zero-order valence-electron chi connectivity index (χ0n) is 15.5. The maximum Gasteiger partial charge on any atom is 0.275 e. The van der Waals surface area contributed by atoms with Crippen LogP contribution in [0.4, 0.5) is 0 Å². The van der Waals surface area contributed by atoms with Crippen molar-refractivity contribution >= 4 is 27.5 Å². The molecule has 140 valence electrons. The van der Waals surface area contributed by atoms with Crippen LogP contribution in [-0.2, 0) is 11.2 Å². The van der Waals surface area contributed by atoms with Gasteiger partial charge in [-0.1, -0.05) is 42.5 Å². The van der Waals surface area contributed by atoms with Crippen LogP contribution in [0.15, 0.2) is 54.6 Å². The van der Waals surface area contributed by atoms with Crippen molar-refractivity contribution in [2.75, 3.05) is 26.2 Å². The number of rotatable bonds is 6. The summed E-state index contributed by atoms with van der Waals surface area (Å²) in [5.74, 6) is 0.633. The number of thiazole rings is 1. The highest BCUT2D eigenvalue weighted by molar-refractivity contribution is 7.18. The number of likely N-dealkylation sites (tertiary alicyclic amines) is 1. The predicted octanol–water partition coefficient (Wildman–Crippen LogP) is 2.42. The van der Waals surface area contributed by atoms with E-state index in [1.54, 1.807) is 0 Å². The molecule has 2 N–H and O–H groups in total. The Morgan fingerprint density at radius 2 is 1.96 bits per heavy atom. The number of nitrogens with one attached hydrogen (secondary N) is 2. The van der Waals surface area contributed by atoms with E-state index >= 15 is 0 Å². The quantitative estimate of drug-likeness (QED) is 0.690. The third kappa shape index (κ3) is 4.73. The number of carbonyl (C=O) groups is 1. The molecule has 0 radical (unpaired) electrons. The molecule has 3 aromatic rings. The topological polar surface area (TPSA) is 46.4 Å². The van der Waals surface area contributed by atoms with Gasteiger partial charge >= 0.3 is 0 Å². The predicted molar refractivity (Wildman–Crippen MR) is 110 cm³/mol. The number of aromatic nitrogens is 1. The molecule has 1 amide bonds. The summed E-state index contributed by atoms with van der Waals surface area (Å²) in [6.07, 6.45) is 3.22.